The van der Waals surface area contributed by atoms with Crippen LogP contribution in [0.3, 0.4) is 0 Å². The zero-order valence-electron chi connectivity index (χ0n) is 21.8. The molecule has 2 aliphatic rings. The van der Waals surface area contributed by atoms with Crippen LogP contribution >= 0.6 is 0 Å². The molecular weight excluding hydrogens is 448 g/mol. The first-order valence-electron chi connectivity index (χ1n) is 13.3. The number of hydrogen-bond donors (Lipinski definition) is 0. The van der Waals surface area contributed by atoms with Gasteiger partial charge in [0, 0.05) is 44.1 Å². The maximum Gasteiger partial charge on any atom is 0.226 e. The van der Waals surface area contributed by atoms with Gasteiger partial charge in [-0.1, -0.05) is 62.7 Å². The summed E-state index contributed by atoms with van der Waals surface area (Å²) in [5.41, 5.74) is 5.79. The van der Waals surface area contributed by atoms with Gasteiger partial charge in [-0.15, -0.1) is 0 Å². The quantitative estimate of drug-likeness (QED) is 0.416. The molecule has 3 aromatic rings. The number of rotatable bonds is 9. The number of carbonyl (C=O) groups is 1. The van der Waals surface area contributed by atoms with Gasteiger partial charge in [-0.2, -0.15) is 5.10 Å². The summed E-state index contributed by atoms with van der Waals surface area (Å²) in [6.07, 6.45) is 4.12. The molecule has 190 valence electrons. The number of hydrogen-bond acceptors (Lipinski definition) is 4. The number of fused-ring (bicyclic) bond motifs is 1. The van der Waals surface area contributed by atoms with Crippen LogP contribution in [0.15, 0.2) is 54.6 Å². The van der Waals surface area contributed by atoms with Gasteiger partial charge in [0.25, 0.3) is 0 Å². The minimum atomic E-state index is 0.186. The SMILES string of the molecule is COc1ccccc1-n1nc(CN(CC(C)C)C(=O)C2CCC2)c2c1CCN(Cc1ccccc1)C2. The Morgan fingerprint density at radius 2 is 1.86 bits per heavy atom. The van der Waals surface area contributed by atoms with Gasteiger partial charge in [0.1, 0.15) is 11.4 Å². The normalized spacial score (nSPS) is 16.0. The van der Waals surface area contributed by atoms with Crippen molar-refractivity contribution in [2.24, 2.45) is 11.8 Å². The van der Waals surface area contributed by atoms with Crippen molar-refractivity contribution in [2.45, 2.75) is 59.2 Å². The number of amides is 1. The molecule has 0 bridgehead atoms. The molecule has 2 heterocycles. The third-order valence-electron chi connectivity index (χ3n) is 7.47. The van der Waals surface area contributed by atoms with Crippen molar-refractivity contribution < 1.29 is 9.53 Å². The first-order chi connectivity index (χ1) is 17.5. The summed E-state index contributed by atoms with van der Waals surface area (Å²) in [6.45, 7) is 8.42. The third-order valence-corrected chi connectivity index (χ3v) is 7.47. The number of aromatic nitrogens is 2. The average Bonchev–Trinajstić information content (AvgIpc) is 3.20. The van der Waals surface area contributed by atoms with Crippen molar-refractivity contribution in [1.82, 2.24) is 19.6 Å². The van der Waals surface area contributed by atoms with Gasteiger partial charge in [-0.25, -0.2) is 4.68 Å². The van der Waals surface area contributed by atoms with Crippen LogP contribution in [0.4, 0.5) is 0 Å². The topological polar surface area (TPSA) is 50.6 Å². The second-order valence-electron chi connectivity index (χ2n) is 10.6. The molecule has 1 aliphatic heterocycles. The van der Waals surface area contributed by atoms with E-state index in [2.05, 4.69) is 64.7 Å². The molecule has 2 aromatic carbocycles. The standard InChI is InChI=1S/C30H38N4O2/c1-22(2)18-33(30(35)24-12-9-13-24)21-26-25-20-32(19-23-10-5-4-6-11-23)17-16-27(25)34(31-26)28-14-7-8-15-29(28)36-3/h4-8,10-11,14-15,22,24H,9,12-13,16-21H2,1-3H3. The third kappa shape index (κ3) is 5.19. The van der Waals surface area contributed by atoms with Crippen LogP contribution in [0, 0.1) is 11.8 Å². The largest absolute Gasteiger partial charge is 0.494 e. The van der Waals surface area contributed by atoms with Crippen molar-refractivity contribution in [3.63, 3.8) is 0 Å². The summed E-state index contributed by atoms with van der Waals surface area (Å²) in [4.78, 5) is 17.9. The summed E-state index contributed by atoms with van der Waals surface area (Å²) in [5, 5.41) is 5.16. The van der Waals surface area contributed by atoms with Crippen LogP contribution in [0.5, 0.6) is 5.75 Å². The first kappa shape index (κ1) is 24.6. The van der Waals surface area contributed by atoms with Gasteiger partial charge in [0.05, 0.1) is 25.0 Å². The van der Waals surface area contributed by atoms with Gasteiger partial charge in [-0.3, -0.25) is 9.69 Å². The average molecular weight is 487 g/mol. The zero-order valence-corrected chi connectivity index (χ0v) is 21.8. The molecule has 1 fully saturated rings. The van der Waals surface area contributed by atoms with Crippen molar-refractivity contribution >= 4 is 5.91 Å². The van der Waals surface area contributed by atoms with E-state index in [1.807, 2.05) is 18.2 Å². The fourth-order valence-corrected chi connectivity index (χ4v) is 5.42. The minimum Gasteiger partial charge on any atom is -0.494 e. The van der Waals surface area contributed by atoms with Gasteiger partial charge >= 0.3 is 0 Å². The molecule has 0 radical (unpaired) electrons. The van der Waals surface area contributed by atoms with Crippen LogP contribution < -0.4 is 4.74 Å². The molecule has 1 aromatic heterocycles. The van der Waals surface area contributed by atoms with Crippen LogP contribution in [0.2, 0.25) is 0 Å². The van der Waals surface area contributed by atoms with E-state index in [1.165, 1.54) is 16.8 Å². The highest BCUT2D eigenvalue weighted by molar-refractivity contribution is 5.79. The molecule has 36 heavy (non-hydrogen) atoms. The van der Waals surface area contributed by atoms with E-state index >= 15 is 0 Å². The van der Waals surface area contributed by atoms with Gasteiger partial charge < -0.3 is 9.64 Å². The Morgan fingerprint density at radius 1 is 1.11 bits per heavy atom. The number of nitrogens with zero attached hydrogens (tertiary/aromatic N) is 4. The predicted octanol–water partition coefficient (Wildman–Crippen LogP) is 5.22. The van der Waals surface area contributed by atoms with E-state index < -0.39 is 0 Å². The lowest BCUT2D eigenvalue weighted by Gasteiger charge is -2.33. The summed E-state index contributed by atoms with van der Waals surface area (Å²) < 4.78 is 7.76. The van der Waals surface area contributed by atoms with Gasteiger partial charge in [0.2, 0.25) is 5.91 Å². The van der Waals surface area contributed by atoms with Gasteiger partial charge in [-0.05, 0) is 36.5 Å². The van der Waals surface area contributed by atoms with E-state index in [0.29, 0.717) is 18.4 Å². The molecule has 6 heteroatoms. The summed E-state index contributed by atoms with van der Waals surface area (Å²) in [7, 11) is 1.71. The Hall–Kier alpha value is -3.12. The lowest BCUT2D eigenvalue weighted by atomic mass is 9.84. The van der Waals surface area contributed by atoms with Crippen LogP contribution in [0.25, 0.3) is 5.69 Å². The number of para-hydroxylation sites is 2. The Labute approximate surface area is 214 Å². The second kappa shape index (κ2) is 10.9. The maximum absolute atomic E-state index is 13.4. The molecule has 0 unspecified atom stereocenters. The minimum absolute atomic E-state index is 0.186. The lowest BCUT2D eigenvalue weighted by Crippen LogP contribution is -2.41. The summed E-state index contributed by atoms with van der Waals surface area (Å²) in [5.74, 6) is 1.71. The van der Waals surface area contributed by atoms with E-state index in [4.69, 9.17) is 9.84 Å². The molecule has 0 spiro atoms. The van der Waals surface area contributed by atoms with Crippen LogP contribution in [0.1, 0.15) is 55.6 Å². The van der Waals surface area contributed by atoms with E-state index in [9.17, 15) is 4.79 Å². The fourth-order valence-electron chi connectivity index (χ4n) is 5.42. The Bertz CT molecular complexity index is 1180. The molecule has 1 aliphatic carbocycles. The summed E-state index contributed by atoms with van der Waals surface area (Å²) >= 11 is 0. The Kier molecular flexibility index (Phi) is 7.42. The molecule has 0 atom stereocenters. The highest BCUT2D eigenvalue weighted by Crippen LogP contribution is 2.33. The molecule has 1 amide bonds. The highest BCUT2D eigenvalue weighted by Gasteiger charge is 2.32. The molecule has 6 nitrogen and oxygen atoms in total. The molecule has 1 saturated carbocycles. The maximum atomic E-state index is 13.4. The van der Waals surface area contributed by atoms with Crippen LogP contribution in [-0.2, 0) is 30.8 Å². The lowest BCUT2D eigenvalue weighted by molar-refractivity contribution is -0.139. The number of methoxy groups -OCH3 is 1. The predicted molar refractivity (Wildman–Crippen MR) is 142 cm³/mol. The Morgan fingerprint density at radius 3 is 2.56 bits per heavy atom. The monoisotopic (exact) mass is 486 g/mol. The second-order valence-corrected chi connectivity index (χ2v) is 10.6. The molecule has 0 saturated heterocycles. The fraction of sp³-hybridized carbons (Fsp3) is 0.467. The molecule has 5 rings (SSSR count). The number of benzene rings is 2. The molecule has 0 N–H and O–H groups in total. The van der Waals surface area contributed by atoms with E-state index in [0.717, 1.165) is 69.0 Å². The Balaban J connectivity index is 1.50. The summed E-state index contributed by atoms with van der Waals surface area (Å²) in [6, 6.07) is 18.7. The highest BCUT2D eigenvalue weighted by atomic mass is 16.5. The van der Waals surface area contributed by atoms with E-state index in [-0.39, 0.29) is 5.92 Å². The van der Waals surface area contributed by atoms with E-state index in [1.54, 1.807) is 7.11 Å². The number of ether oxygens (including phenoxy) is 1. The van der Waals surface area contributed by atoms with Crippen molar-refractivity contribution in [3.05, 3.63) is 77.1 Å². The van der Waals surface area contributed by atoms with Crippen molar-refractivity contribution in [3.8, 4) is 11.4 Å². The van der Waals surface area contributed by atoms with Crippen molar-refractivity contribution in [2.75, 3.05) is 20.2 Å². The van der Waals surface area contributed by atoms with Gasteiger partial charge in [0.15, 0.2) is 0 Å². The molecular formula is C30H38N4O2. The number of carbonyl (C=O) groups excluding carboxylic acids is 1. The first-order valence-corrected chi connectivity index (χ1v) is 13.3. The van der Waals surface area contributed by atoms with Crippen molar-refractivity contribution in [1.29, 1.82) is 0 Å². The zero-order chi connectivity index (χ0) is 25.1. The smallest absolute Gasteiger partial charge is 0.226 e. The van der Waals surface area contributed by atoms with Crippen LogP contribution in [-0.4, -0.2) is 45.7 Å².